The van der Waals surface area contributed by atoms with Gasteiger partial charge < -0.3 is 19.7 Å². The van der Waals surface area contributed by atoms with Crippen molar-refractivity contribution in [3.05, 3.63) is 48.5 Å². The Bertz CT molecular complexity index is 802. The zero-order chi connectivity index (χ0) is 19.9. The van der Waals surface area contributed by atoms with Crippen molar-refractivity contribution in [3.63, 3.8) is 0 Å². The van der Waals surface area contributed by atoms with E-state index in [9.17, 15) is 9.59 Å². The maximum atomic E-state index is 12.6. The smallest absolute Gasteiger partial charge is 0.229 e. The molecule has 148 valence electrons. The minimum atomic E-state index is -0.380. The highest BCUT2D eigenvalue weighted by Gasteiger charge is 2.35. The minimum Gasteiger partial charge on any atom is -0.494 e. The van der Waals surface area contributed by atoms with E-state index < -0.39 is 0 Å². The summed E-state index contributed by atoms with van der Waals surface area (Å²) in [6.45, 7) is 5.60. The molecule has 0 radical (unpaired) electrons. The van der Waals surface area contributed by atoms with Crippen LogP contribution >= 0.6 is 0 Å². The molecule has 1 saturated heterocycles. The molecular weight excluding hydrogens is 356 g/mol. The second-order valence-corrected chi connectivity index (χ2v) is 6.69. The largest absolute Gasteiger partial charge is 0.494 e. The first kappa shape index (κ1) is 19.7. The number of anilines is 2. The van der Waals surface area contributed by atoms with E-state index >= 15 is 0 Å². The van der Waals surface area contributed by atoms with Crippen LogP contribution in [-0.2, 0) is 9.59 Å². The number of amides is 2. The molecule has 0 bridgehead atoms. The minimum absolute atomic E-state index is 0.0472. The van der Waals surface area contributed by atoms with Crippen molar-refractivity contribution in [2.45, 2.75) is 26.7 Å². The van der Waals surface area contributed by atoms with Crippen LogP contribution in [0, 0.1) is 5.92 Å². The lowest BCUT2D eigenvalue weighted by molar-refractivity contribution is -0.122. The van der Waals surface area contributed by atoms with Crippen LogP contribution < -0.4 is 19.7 Å². The van der Waals surface area contributed by atoms with E-state index in [1.165, 1.54) is 0 Å². The van der Waals surface area contributed by atoms with E-state index in [2.05, 4.69) is 12.2 Å². The topological polar surface area (TPSA) is 67.9 Å². The summed E-state index contributed by atoms with van der Waals surface area (Å²) in [4.78, 5) is 26.7. The molecule has 2 aromatic rings. The van der Waals surface area contributed by atoms with Crippen molar-refractivity contribution in [3.8, 4) is 11.5 Å². The number of carbonyl (C=O) groups is 2. The molecule has 2 amide bonds. The van der Waals surface area contributed by atoms with Crippen LogP contribution in [0.1, 0.15) is 26.7 Å². The van der Waals surface area contributed by atoms with Crippen molar-refractivity contribution in [1.82, 2.24) is 0 Å². The Balaban J connectivity index is 1.59. The van der Waals surface area contributed by atoms with E-state index in [4.69, 9.17) is 9.47 Å². The number of nitrogens with one attached hydrogen (secondary N) is 1. The molecule has 1 unspecified atom stereocenters. The second-order valence-electron chi connectivity index (χ2n) is 6.69. The molecule has 1 N–H and O–H groups in total. The highest BCUT2D eigenvalue weighted by Crippen LogP contribution is 2.28. The molecule has 0 saturated carbocycles. The first-order valence-corrected chi connectivity index (χ1v) is 9.67. The number of ether oxygens (including phenoxy) is 2. The van der Waals surface area contributed by atoms with E-state index in [-0.39, 0.29) is 24.2 Å². The molecule has 2 aromatic carbocycles. The van der Waals surface area contributed by atoms with Crippen molar-refractivity contribution in [2.24, 2.45) is 5.92 Å². The molecule has 6 heteroatoms. The summed E-state index contributed by atoms with van der Waals surface area (Å²) in [6.07, 6.45) is 1.15. The highest BCUT2D eigenvalue weighted by molar-refractivity contribution is 6.03. The number of benzene rings is 2. The average molecular weight is 382 g/mol. The lowest BCUT2D eigenvalue weighted by Gasteiger charge is -2.17. The first-order chi connectivity index (χ1) is 13.6. The summed E-state index contributed by atoms with van der Waals surface area (Å²) < 4.78 is 11.0. The van der Waals surface area contributed by atoms with E-state index in [1.807, 2.05) is 43.3 Å². The van der Waals surface area contributed by atoms with Gasteiger partial charge in [0.2, 0.25) is 11.8 Å². The summed E-state index contributed by atoms with van der Waals surface area (Å²) in [6, 6.07) is 14.6. The predicted molar refractivity (Wildman–Crippen MR) is 109 cm³/mol. The fourth-order valence-corrected chi connectivity index (χ4v) is 3.12. The molecule has 28 heavy (non-hydrogen) atoms. The van der Waals surface area contributed by atoms with Crippen molar-refractivity contribution in [2.75, 3.05) is 30.0 Å². The SMILES string of the molecule is CCCOc1ccc(N2CC(C(=O)Nc3ccc(OCC)cc3)CC2=O)cc1. The van der Waals surface area contributed by atoms with Gasteiger partial charge in [-0.2, -0.15) is 0 Å². The average Bonchev–Trinajstić information content (AvgIpc) is 3.10. The van der Waals surface area contributed by atoms with Gasteiger partial charge in [-0.05, 0) is 61.9 Å². The van der Waals surface area contributed by atoms with Gasteiger partial charge in [-0.15, -0.1) is 0 Å². The number of carbonyl (C=O) groups excluding carboxylic acids is 2. The van der Waals surface area contributed by atoms with Gasteiger partial charge in [-0.3, -0.25) is 9.59 Å². The summed E-state index contributed by atoms with van der Waals surface area (Å²) in [5.41, 5.74) is 1.47. The van der Waals surface area contributed by atoms with E-state index in [1.54, 1.807) is 17.0 Å². The lowest BCUT2D eigenvalue weighted by Crippen LogP contribution is -2.28. The van der Waals surface area contributed by atoms with Gasteiger partial charge in [0.25, 0.3) is 0 Å². The van der Waals surface area contributed by atoms with Gasteiger partial charge in [0, 0.05) is 24.3 Å². The fourth-order valence-electron chi connectivity index (χ4n) is 3.12. The van der Waals surface area contributed by atoms with Crippen LogP contribution in [0.15, 0.2) is 48.5 Å². The standard InChI is InChI=1S/C22H26N2O4/c1-3-13-28-20-11-7-18(8-12-20)24-15-16(14-21(24)25)22(26)23-17-5-9-19(10-6-17)27-4-2/h5-12,16H,3-4,13-15H2,1-2H3,(H,23,26). The third-order valence-electron chi connectivity index (χ3n) is 4.55. The number of hydrogen-bond acceptors (Lipinski definition) is 4. The van der Waals surface area contributed by atoms with Crippen molar-refractivity contribution < 1.29 is 19.1 Å². The Morgan fingerprint density at radius 1 is 1.04 bits per heavy atom. The quantitative estimate of drug-likeness (QED) is 0.753. The maximum Gasteiger partial charge on any atom is 0.229 e. The van der Waals surface area contributed by atoms with Gasteiger partial charge in [0.15, 0.2) is 0 Å². The van der Waals surface area contributed by atoms with Gasteiger partial charge in [0.05, 0.1) is 19.1 Å². The zero-order valence-electron chi connectivity index (χ0n) is 16.3. The molecule has 1 aliphatic rings. The Morgan fingerprint density at radius 2 is 1.68 bits per heavy atom. The molecule has 1 aliphatic heterocycles. The van der Waals surface area contributed by atoms with Gasteiger partial charge in [-0.25, -0.2) is 0 Å². The predicted octanol–water partition coefficient (Wildman–Crippen LogP) is 3.87. The highest BCUT2D eigenvalue weighted by atomic mass is 16.5. The molecule has 3 rings (SSSR count). The molecule has 6 nitrogen and oxygen atoms in total. The van der Waals surface area contributed by atoms with Crippen LogP contribution in [0.5, 0.6) is 11.5 Å². The Labute approximate surface area is 165 Å². The zero-order valence-corrected chi connectivity index (χ0v) is 16.3. The molecule has 1 fully saturated rings. The lowest BCUT2D eigenvalue weighted by atomic mass is 10.1. The Kier molecular flexibility index (Phi) is 6.53. The normalized spacial score (nSPS) is 16.1. The third-order valence-corrected chi connectivity index (χ3v) is 4.55. The van der Waals surface area contributed by atoms with Crippen LogP contribution in [0.3, 0.4) is 0 Å². The van der Waals surface area contributed by atoms with Crippen LogP contribution in [0.2, 0.25) is 0 Å². The molecule has 0 spiro atoms. The number of hydrogen-bond donors (Lipinski definition) is 1. The first-order valence-electron chi connectivity index (χ1n) is 9.67. The second kappa shape index (κ2) is 9.26. The molecule has 0 aromatic heterocycles. The molecule has 1 heterocycles. The van der Waals surface area contributed by atoms with Crippen LogP contribution in [0.25, 0.3) is 0 Å². The van der Waals surface area contributed by atoms with Gasteiger partial charge in [-0.1, -0.05) is 6.92 Å². The number of rotatable bonds is 8. The Hall–Kier alpha value is -3.02. The summed E-state index contributed by atoms with van der Waals surface area (Å²) in [5.74, 6) is 0.961. The monoisotopic (exact) mass is 382 g/mol. The molecular formula is C22H26N2O4. The number of nitrogens with zero attached hydrogens (tertiary/aromatic N) is 1. The maximum absolute atomic E-state index is 12.6. The van der Waals surface area contributed by atoms with Gasteiger partial charge in [0.1, 0.15) is 11.5 Å². The van der Waals surface area contributed by atoms with Crippen LogP contribution in [0.4, 0.5) is 11.4 Å². The van der Waals surface area contributed by atoms with Crippen molar-refractivity contribution >= 4 is 23.2 Å². The molecule has 0 aliphatic carbocycles. The molecule has 1 atom stereocenters. The fraction of sp³-hybridized carbons (Fsp3) is 0.364. The van der Waals surface area contributed by atoms with Crippen molar-refractivity contribution in [1.29, 1.82) is 0 Å². The van der Waals surface area contributed by atoms with E-state index in [0.29, 0.717) is 25.4 Å². The Morgan fingerprint density at radius 3 is 2.32 bits per heavy atom. The van der Waals surface area contributed by atoms with Crippen LogP contribution in [-0.4, -0.2) is 31.6 Å². The summed E-state index contributed by atoms with van der Waals surface area (Å²) in [7, 11) is 0. The third kappa shape index (κ3) is 4.82. The van der Waals surface area contributed by atoms with Gasteiger partial charge >= 0.3 is 0 Å². The van der Waals surface area contributed by atoms with E-state index in [0.717, 1.165) is 23.6 Å². The summed E-state index contributed by atoms with van der Waals surface area (Å²) >= 11 is 0. The summed E-state index contributed by atoms with van der Waals surface area (Å²) in [5, 5.41) is 2.88.